The highest BCUT2D eigenvalue weighted by atomic mass is 16.5. The van der Waals surface area contributed by atoms with Gasteiger partial charge in [0, 0.05) is 0 Å². The highest BCUT2D eigenvalue weighted by Crippen LogP contribution is 2.43. The third-order valence-electron chi connectivity index (χ3n) is 8.99. The van der Waals surface area contributed by atoms with Gasteiger partial charge in [0.25, 0.3) is 0 Å². The van der Waals surface area contributed by atoms with Gasteiger partial charge < -0.3 is 4.74 Å². The zero-order valence-corrected chi connectivity index (χ0v) is 27.0. The second-order valence-corrected chi connectivity index (χ2v) is 12.1. The zero-order valence-electron chi connectivity index (χ0n) is 27.0. The first-order valence-electron chi connectivity index (χ1n) is 16.7. The highest BCUT2D eigenvalue weighted by molar-refractivity contribution is 5.93. The van der Waals surface area contributed by atoms with Gasteiger partial charge in [0.05, 0.1) is 0 Å². The molecular formula is C48H34O. The molecule has 232 valence electrons. The van der Waals surface area contributed by atoms with Crippen LogP contribution in [0.25, 0.3) is 66.8 Å². The maximum atomic E-state index is 6.78. The van der Waals surface area contributed by atoms with Gasteiger partial charge in [-0.15, -0.1) is 0 Å². The molecule has 0 aliphatic rings. The Morgan fingerprint density at radius 2 is 0.469 bits per heavy atom. The van der Waals surface area contributed by atoms with Crippen molar-refractivity contribution in [3.63, 3.8) is 0 Å². The lowest BCUT2D eigenvalue weighted by atomic mass is 9.89. The average Bonchev–Trinajstić information content (AvgIpc) is 3.19. The van der Waals surface area contributed by atoms with Crippen molar-refractivity contribution in [1.29, 1.82) is 0 Å². The summed E-state index contributed by atoms with van der Waals surface area (Å²) in [7, 11) is 0. The van der Waals surface area contributed by atoms with Crippen molar-refractivity contribution < 1.29 is 4.74 Å². The van der Waals surface area contributed by atoms with Crippen molar-refractivity contribution in [3.8, 4) is 78.3 Å². The summed E-state index contributed by atoms with van der Waals surface area (Å²) in [4.78, 5) is 0. The molecule has 1 nitrogen and oxygen atoms in total. The Bertz CT molecular complexity index is 2160. The quantitative estimate of drug-likeness (QED) is 0.163. The van der Waals surface area contributed by atoms with Crippen LogP contribution in [-0.4, -0.2) is 0 Å². The van der Waals surface area contributed by atoms with E-state index in [-0.39, 0.29) is 0 Å². The van der Waals surface area contributed by atoms with E-state index >= 15 is 0 Å². The molecule has 0 unspecified atom stereocenters. The first-order chi connectivity index (χ1) is 24.3. The van der Waals surface area contributed by atoms with Crippen LogP contribution in [0.5, 0.6) is 11.5 Å². The van der Waals surface area contributed by atoms with Gasteiger partial charge in [-0.1, -0.05) is 182 Å². The Labute approximate surface area is 288 Å². The van der Waals surface area contributed by atoms with Crippen molar-refractivity contribution in [2.45, 2.75) is 0 Å². The predicted molar refractivity (Wildman–Crippen MR) is 206 cm³/mol. The van der Waals surface area contributed by atoms with Crippen LogP contribution < -0.4 is 4.74 Å². The van der Waals surface area contributed by atoms with E-state index in [1.165, 1.54) is 33.4 Å². The monoisotopic (exact) mass is 626 g/mol. The average molecular weight is 627 g/mol. The molecule has 0 aromatic heterocycles. The molecule has 0 fully saturated rings. The van der Waals surface area contributed by atoms with Gasteiger partial charge in [-0.25, -0.2) is 0 Å². The SMILES string of the molecule is c1ccc(-c2ccccc2-c2cc(Oc3ccc(-c4ccccc4)c(-c4ccccc4-c4ccccc4)c3)ccc2-c2ccccc2)cc1. The molecule has 0 saturated carbocycles. The normalized spacial score (nSPS) is 10.9. The van der Waals surface area contributed by atoms with Gasteiger partial charge in [-0.05, 0) is 91.0 Å². The molecule has 49 heavy (non-hydrogen) atoms. The molecule has 0 amide bonds. The van der Waals surface area contributed by atoms with E-state index in [1.807, 2.05) is 0 Å². The summed E-state index contributed by atoms with van der Waals surface area (Å²) in [6, 6.07) is 72.5. The van der Waals surface area contributed by atoms with Gasteiger partial charge in [0.2, 0.25) is 0 Å². The van der Waals surface area contributed by atoms with Crippen LogP contribution in [0.2, 0.25) is 0 Å². The maximum Gasteiger partial charge on any atom is 0.128 e. The molecule has 0 atom stereocenters. The summed E-state index contributed by atoms with van der Waals surface area (Å²) in [5.74, 6) is 1.57. The predicted octanol–water partition coefficient (Wildman–Crippen LogP) is 13.5. The van der Waals surface area contributed by atoms with Crippen molar-refractivity contribution in [1.82, 2.24) is 0 Å². The largest absolute Gasteiger partial charge is 0.457 e. The zero-order chi connectivity index (χ0) is 32.8. The van der Waals surface area contributed by atoms with Gasteiger partial charge >= 0.3 is 0 Å². The molecular weight excluding hydrogens is 593 g/mol. The fourth-order valence-corrected chi connectivity index (χ4v) is 6.67. The van der Waals surface area contributed by atoms with Crippen LogP contribution in [0.3, 0.4) is 0 Å². The van der Waals surface area contributed by atoms with Crippen LogP contribution in [0, 0.1) is 0 Å². The number of hydrogen-bond donors (Lipinski definition) is 0. The Balaban J connectivity index is 1.26. The van der Waals surface area contributed by atoms with Crippen molar-refractivity contribution in [2.75, 3.05) is 0 Å². The first-order valence-corrected chi connectivity index (χ1v) is 16.7. The topological polar surface area (TPSA) is 9.23 Å². The molecule has 8 aromatic rings. The Morgan fingerprint density at radius 1 is 0.204 bits per heavy atom. The second-order valence-electron chi connectivity index (χ2n) is 12.1. The minimum Gasteiger partial charge on any atom is -0.457 e. The molecule has 8 rings (SSSR count). The van der Waals surface area contributed by atoms with E-state index in [4.69, 9.17) is 4.74 Å². The van der Waals surface area contributed by atoms with Crippen LogP contribution in [0.15, 0.2) is 206 Å². The molecule has 0 heterocycles. The second kappa shape index (κ2) is 13.7. The van der Waals surface area contributed by atoms with Crippen LogP contribution in [0.4, 0.5) is 0 Å². The van der Waals surface area contributed by atoms with Gasteiger partial charge in [0.15, 0.2) is 0 Å². The van der Waals surface area contributed by atoms with Crippen molar-refractivity contribution in [3.05, 3.63) is 206 Å². The van der Waals surface area contributed by atoms with Gasteiger partial charge in [-0.3, -0.25) is 0 Å². The molecule has 0 aliphatic heterocycles. The Kier molecular flexibility index (Phi) is 8.39. The van der Waals surface area contributed by atoms with Crippen LogP contribution >= 0.6 is 0 Å². The minimum absolute atomic E-state index is 0.785. The van der Waals surface area contributed by atoms with E-state index in [0.29, 0.717) is 0 Å². The number of rotatable bonds is 8. The fourth-order valence-electron chi connectivity index (χ4n) is 6.67. The molecule has 0 bridgehead atoms. The van der Waals surface area contributed by atoms with Crippen LogP contribution in [0.1, 0.15) is 0 Å². The minimum atomic E-state index is 0.785. The summed E-state index contributed by atoms with van der Waals surface area (Å²) in [5.41, 5.74) is 14.0. The van der Waals surface area contributed by atoms with E-state index in [9.17, 15) is 0 Å². The third kappa shape index (κ3) is 6.31. The number of hydrogen-bond acceptors (Lipinski definition) is 1. The van der Waals surface area contributed by atoms with E-state index in [0.717, 1.165) is 44.9 Å². The Morgan fingerprint density at radius 3 is 0.796 bits per heavy atom. The fraction of sp³-hybridized carbons (Fsp3) is 0. The van der Waals surface area contributed by atoms with Crippen molar-refractivity contribution >= 4 is 0 Å². The van der Waals surface area contributed by atoms with Gasteiger partial charge in [-0.2, -0.15) is 0 Å². The molecule has 0 N–H and O–H groups in total. The highest BCUT2D eigenvalue weighted by Gasteiger charge is 2.17. The molecule has 8 aromatic carbocycles. The molecule has 0 radical (unpaired) electrons. The molecule has 0 spiro atoms. The van der Waals surface area contributed by atoms with Crippen molar-refractivity contribution in [2.24, 2.45) is 0 Å². The number of benzene rings is 8. The lowest BCUT2D eigenvalue weighted by Crippen LogP contribution is -1.93. The number of ether oxygens (including phenoxy) is 1. The molecule has 1 heteroatoms. The third-order valence-corrected chi connectivity index (χ3v) is 8.99. The van der Waals surface area contributed by atoms with Gasteiger partial charge in [0.1, 0.15) is 11.5 Å². The smallest absolute Gasteiger partial charge is 0.128 e. The summed E-state index contributed by atoms with van der Waals surface area (Å²) in [5, 5.41) is 0. The standard InChI is InChI=1S/C48H34O/c1-5-17-35(18-6-1)41-25-13-15-27-45(41)47-33-39(29-31-43(47)37-21-9-3-10-22-37)49-40-30-32-44(38-23-11-4-12-24-38)48(34-40)46-28-16-14-26-42(46)36-19-7-2-8-20-36/h1-34H. The van der Waals surface area contributed by atoms with E-state index in [1.54, 1.807) is 0 Å². The van der Waals surface area contributed by atoms with E-state index in [2.05, 4.69) is 206 Å². The summed E-state index contributed by atoms with van der Waals surface area (Å²) < 4.78 is 6.78. The molecule has 0 aliphatic carbocycles. The lowest BCUT2D eigenvalue weighted by Gasteiger charge is -2.18. The van der Waals surface area contributed by atoms with Crippen LogP contribution in [-0.2, 0) is 0 Å². The van der Waals surface area contributed by atoms with E-state index < -0.39 is 0 Å². The maximum absolute atomic E-state index is 6.78. The lowest BCUT2D eigenvalue weighted by molar-refractivity contribution is 0.483. The Hall–Kier alpha value is -6.44. The molecule has 0 saturated heterocycles. The first kappa shape index (κ1) is 29.9. The summed E-state index contributed by atoms with van der Waals surface area (Å²) in [6.07, 6.45) is 0. The summed E-state index contributed by atoms with van der Waals surface area (Å²) in [6.45, 7) is 0. The summed E-state index contributed by atoms with van der Waals surface area (Å²) >= 11 is 0.